The molecule has 1 heterocycles. The number of halogens is 1. The number of hydrogen-bond acceptors (Lipinski definition) is 9. The van der Waals surface area contributed by atoms with Gasteiger partial charge >= 0.3 is 0 Å². The lowest BCUT2D eigenvalue weighted by Crippen LogP contribution is -2.49. The number of alkyl halides is 1. The number of benzene rings is 2. The maximum atomic E-state index is 13.7. The Bertz CT molecular complexity index is 1240. The van der Waals surface area contributed by atoms with Crippen molar-refractivity contribution >= 4 is 53.1 Å². The van der Waals surface area contributed by atoms with Crippen molar-refractivity contribution in [2.45, 2.75) is 4.90 Å². The highest BCUT2D eigenvalue weighted by Gasteiger charge is 2.33. The summed E-state index contributed by atoms with van der Waals surface area (Å²) < 4.78 is 56.2. The fourth-order valence-corrected chi connectivity index (χ4v) is 6.26. The van der Waals surface area contributed by atoms with Gasteiger partial charge in [0.05, 0.1) is 23.5 Å². The van der Waals surface area contributed by atoms with E-state index in [1.54, 1.807) is 4.90 Å². The summed E-state index contributed by atoms with van der Waals surface area (Å²) >= 11 is 3.32. The second kappa shape index (κ2) is 11.6. The molecule has 1 saturated heterocycles. The molecule has 0 saturated carbocycles. The molecule has 0 unspecified atom stereocenters. The molecule has 3 rings (SSSR count). The molecule has 0 bridgehead atoms. The first-order valence-electron chi connectivity index (χ1n) is 10.8. The van der Waals surface area contributed by atoms with Crippen molar-refractivity contribution in [2.75, 3.05) is 67.3 Å². The Balaban J connectivity index is 1.90. The van der Waals surface area contributed by atoms with Gasteiger partial charge in [-0.05, 0) is 18.2 Å². The molecule has 0 atom stereocenters. The van der Waals surface area contributed by atoms with E-state index in [0.29, 0.717) is 25.0 Å². The van der Waals surface area contributed by atoms with Gasteiger partial charge in [0.2, 0.25) is 10.0 Å². The van der Waals surface area contributed by atoms with Gasteiger partial charge in [0, 0.05) is 62.4 Å². The molecule has 0 radical (unpaired) electrons. The van der Waals surface area contributed by atoms with Crippen LogP contribution in [0.25, 0.3) is 0 Å². The van der Waals surface area contributed by atoms with Gasteiger partial charge in [-0.1, -0.05) is 34.1 Å². The van der Waals surface area contributed by atoms with E-state index in [0.717, 1.165) is 18.0 Å². The number of piperazine rings is 1. The highest BCUT2D eigenvalue weighted by atomic mass is 79.9. The molecular formula is C21H27BrN4O7S2. The van der Waals surface area contributed by atoms with Crippen LogP contribution in [0.2, 0.25) is 0 Å². The number of non-ortho nitro benzene ring substituents is 1. The van der Waals surface area contributed by atoms with E-state index in [1.807, 2.05) is 30.3 Å². The summed E-state index contributed by atoms with van der Waals surface area (Å²) in [5, 5.41) is 11.9. The van der Waals surface area contributed by atoms with Crippen molar-refractivity contribution in [1.29, 1.82) is 0 Å². The summed E-state index contributed by atoms with van der Waals surface area (Å²) in [4.78, 5) is 14.3. The van der Waals surface area contributed by atoms with Gasteiger partial charge in [0.15, 0.2) is 0 Å². The fraction of sp³-hybridized carbons (Fsp3) is 0.429. The third kappa shape index (κ3) is 7.13. The summed E-state index contributed by atoms with van der Waals surface area (Å²) in [6.07, 6.45) is 0.929. The fourth-order valence-electron chi connectivity index (χ4n) is 3.80. The van der Waals surface area contributed by atoms with Gasteiger partial charge in [-0.25, -0.2) is 8.42 Å². The normalized spacial score (nSPS) is 15.2. The van der Waals surface area contributed by atoms with E-state index < -0.39 is 25.1 Å². The molecule has 1 aliphatic heterocycles. The second-order valence-electron chi connectivity index (χ2n) is 7.84. The Morgan fingerprint density at radius 1 is 1.03 bits per heavy atom. The van der Waals surface area contributed by atoms with Gasteiger partial charge in [0.25, 0.3) is 15.8 Å². The summed E-state index contributed by atoms with van der Waals surface area (Å²) in [6.45, 7) is 1.58. The monoisotopic (exact) mass is 590 g/mol. The van der Waals surface area contributed by atoms with Crippen LogP contribution in [-0.2, 0) is 24.3 Å². The van der Waals surface area contributed by atoms with Gasteiger partial charge < -0.3 is 9.80 Å². The second-order valence-corrected chi connectivity index (χ2v) is 12.2. The molecule has 2 aromatic rings. The van der Waals surface area contributed by atoms with E-state index in [2.05, 4.69) is 20.8 Å². The lowest BCUT2D eigenvalue weighted by molar-refractivity contribution is -0.385. The number of nitrogens with zero attached hydrogens (tertiary/aromatic N) is 4. The van der Waals surface area contributed by atoms with Gasteiger partial charge in [-0.3, -0.25) is 14.3 Å². The average Bonchev–Trinajstić information content (AvgIpc) is 2.83. The molecule has 0 amide bonds. The number of para-hydroxylation sites is 1. The van der Waals surface area contributed by atoms with Crippen molar-refractivity contribution in [3.63, 3.8) is 0 Å². The minimum Gasteiger partial charge on any atom is -0.369 e. The predicted molar refractivity (Wildman–Crippen MR) is 137 cm³/mol. The Morgan fingerprint density at radius 2 is 1.69 bits per heavy atom. The molecule has 0 aromatic heterocycles. The Morgan fingerprint density at radius 3 is 2.26 bits per heavy atom. The first kappa shape index (κ1) is 27.3. The van der Waals surface area contributed by atoms with E-state index in [9.17, 15) is 26.9 Å². The maximum Gasteiger partial charge on any atom is 0.270 e. The van der Waals surface area contributed by atoms with Gasteiger partial charge in [-0.15, -0.1) is 0 Å². The van der Waals surface area contributed by atoms with Crippen LogP contribution in [0.5, 0.6) is 0 Å². The minimum atomic E-state index is -4.08. The number of anilines is 2. The maximum absolute atomic E-state index is 13.7. The van der Waals surface area contributed by atoms with Crippen molar-refractivity contribution < 1.29 is 25.9 Å². The molecule has 11 nitrogen and oxygen atoms in total. The Kier molecular flexibility index (Phi) is 9.10. The molecule has 14 heteroatoms. The minimum absolute atomic E-state index is 0.0702. The molecule has 2 aromatic carbocycles. The topological polar surface area (TPSA) is 130 Å². The molecule has 0 N–H and O–H groups in total. The van der Waals surface area contributed by atoms with E-state index in [4.69, 9.17) is 4.18 Å². The largest absolute Gasteiger partial charge is 0.369 e. The zero-order chi connectivity index (χ0) is 25.6. The van der Waals surface area contributed by atoms with Crippen molar-refractivity contribution in [3.05, 3.63) is 58.6 Å². The summed E-state index contributed by atoms with van der Waals surface area (Å²) in [6, 6.07) is 13.3. The average molecular weight is 592 g/mol. The molecule has 1 fully saturated rings. The van der Waals surface area contributed by atoms with E-state index in [-0.39, 0.29) is 42.5 Å². The number of hydrogen-bond donors (Lipinski definition) is 0. The van der Waals surface area contributed by atoms with Crippen LogP contribution in [0.3, 0.4) is 0 Å². The standard InChI is InChI=1S/C21H27BrN4O7S2/c1-34(29,30)33-16-15-24(10-9-22)20-8-7-19(26(27)28)17-21(20)35(31,32)25-13-11-23(12-14-25)18-5-3-2-4-6-18/h2-8,17H,9-16H2,1H3. The van der Waals surface area contributed by atoms with Crippen LogP contribution in [0.4, 0.5) is 17.1 Å². The molecule has 35 heavy (non-hydrogen) atoms. The zero-order valence-electron chi connectivity index (χ0n) is 19.1. The molecular weight excluding hydrogens is 564 g/mol. The van der Waals surface area contributed by atoms with Crippen molar-refractivity contribution in [2.24, 2.45) is 0 Å². The molecule has 0 aliphatic carbocycles. The van der Waals surface area contributed by atoms with Crippen molar-refractivity contribution in [1.82, 2.24) is 4.31 Å². The number of nitro groups is 1. The predicted octanol–water partition coefficient (Wildman–Crippen LogP) is 2.28. The van der Waals surface area contributed by atoms with Crippen LogP contribution >= 0.6 is 15.9 Å². The quantitative estimate of drug-likeness (QED) is 0.167. The first-order chi connectivity index (χ1) is 16.5. The number of nitro benzene ring substituents is 1. The Hall–Kier alpha value is -2.26. The third-order valence-electron chi connectivity index (χ3n) is 5.49. The van der Waals surface area contributed by atoms with Gasteiger partial charge in [0.1, 0.15) is 4.90 Å². The highest BCUT2D eigenvalue weighted by Crippen LogP contribution is 2.32. The smallest absolute Gasteiger partial charge is 0.270 e. The van der Waals surface area contributed by atoms with Crippen LogP contribution in [0.15, 0.2) is 53.4 Å². The summed E-state index contributed by atoms with van der Waals surface area (Å²) in [7, 11) is -7.76. The summed E-state index contributed by atoms with van der Waals surface area (Å²) in [5.74, 6) is 0. The molecule has 0 spiro atoms. The third-order valence-corrected chi connectivity index (χ3v) is 8.36. The SMILES string of the molecule is CS(=O)(=O)OCCN(CCBr)c1ccc([N+](=O)[O-])cc1S(=O)(=O)N1CCN(c2ccccc2)CC1. The van der Waals surface area contributed by atoms with Crippen molar-refractivity contribution in [3.8, 4) is 0 Å². The van der Waals surface area contributed by atoms with Crippen LogP contribution < -0.4 is 9.80 Å². The number of sulfonamides is 1. The van der Waals surface area contributed by atoms with Crippen LogP contribution in [0.1, 0.15) is 0 Å². The highest BCUT2D eigenvalue weighted by molar-refractivity contribution is 9.09. The molecule has 1 aliphatic rings. The van der Waals surface area contributed by atoms with Crippen LogP contribution in [-0.4, -0.2) is 83.5 Å². The van der Waals surface area contributed by atoms with E-state index in [1.165, 1.54) is 16.4 Å². The number of rotatable bonds is 11. The molecule has 192 valence electrons. The van der Waals surface area contributed by atoms with Gasteiger partial charge in [-0.2, -0.15) is 12.7 Å². The lowest BCUT2D eigenvalue weighted by Gasteiger charge is -2.36. The van der Waals surface area contributed by atoms with Crippen LogP contribution in [0, 0.1) is 10.1 Å². The first-order valence-corrected chi connectivity index (χ1v) is 15.1. The zero-order valence-corrected chi connectivity index (χ0v) is 22.3. The Labute approximate surface area is 213 Å². The summed E-state index contributed by atoms with van der Waals surface area (Å²) in [5.41, 5.74) is 0.897. The van der Waals surface area contributed by atoms with E-state index >= 15 is 0 Å². The lowest BCUT2D eigenvalue weighted by atomic mass is 10.2.